The number of ether oxygens (including phenoxy) is 1. The van der Waals surface area contributed by atoms with Crippen LogP contribution >= 0.6 is 24.0 Å². The van der Waals surface area contributed by atoms with E-state index in [4.69, 9.17) is 4.74 Å². The van der Waals surface area contributed by atoms with Gasteiger partial charge in [0.25, 0.3) is 0 Å². The lowest BCUT2D eigenvalue weighted by Crippen LogP contribution is -2.53. The number of benzene rings is 1. The fourth-order valence-corrected chi connectivity index (χ4v) is 4.08. The summed E-state index contributed by atoms with van der Waals surface area (Å²) in [5.74, 6) is 0.596. The predicted octanol–water partition coefficient (Wildman–Crippen LogP) is 1.62. The maximum absolute atomic E-state index is 13.4. The second-order valence-corrected chi connectivity index (χ2v) is 8.24. The number of rotatable bonds is 7. The normalized spacial score (nSPS) is 21.2. The van der Waals surface area contributed by atoms with Crippen molar-refractivity contribution in [1.82, 2.24) is 25.3 Å². The van der Waals surface area contributed by atoms with Crippen molar-refractivity contribution in [3.63, 3.8) is 0 Å². The van der Waals surface area contributed by atoms with E-state index in [1.54, 1.807) is 7.05 Å². The van der Waals surface area contributed by atoms with Gasteiger partial charge in [-0.05, 0) is 31.7 Å². The van der Waals surface area contributed by atoms with Crippen molar-refractivity contribution < 1.29 is 9.13 Å². The van der Waals surface area contributed by atoms with Gasteiger partial charge < -0.3 is 20.3 Å². The molecule has 0 amide bonds. The lowest BCUT2D eigenvalue weighted by atomic mass is 10.0. The Kier molecular flexibility index (Phi) is 11.4. The van der Waals surface area contributed by atoms with Crippen LogP contribution in [0.5, 0.6) is 0 Å². The first kappa shape index (κ1) is 26.2. The Labute approximate surface area is 203 Å². The number of likely N-dealkylation sites (N-methyl/N-ethyl adjacent to an activating group) is 1. The van der Waals surface area contributed by atoms with E-state index in [9.17, 15) is 4.39 Å². The topological polar surface area (TPSA) is 55.4 Å². The first-order chi connectivity index (χ1) is 14.6. The molecule has 2 atom stereocenters. The summed E-state index contributed by atoms with van der Waals surface area (Å²) in [4.78, 5) is 11.7. The van der Waals surface area contributed by atoms with E-state index in [0.29, 0.717) is 12.6 Å². The summed E-state index contributed by atoms with van der Waals surface area (Å²) in [7, 11) is 3.98. The quantitative estimate of drug-likeness (QED) is 0.307. The molecule has 0 saturated carbocycles. The Hall–Kier alpha value is -1.01. The van der Waals surface area contributed by atoms with Crippen LogP contribution in [0.15, 0.2) is 29.3 Å². The number of halogens is 2. The molecule has 0 aliphatic carbocycles. The zero-order chi connectivity index (χ0) is 21.3. The van der Waals surface area contributed by atoms with E-state index in [-0.39, 0.29) is 35.8 Å². The summed E-state index contributed by atoms with van der Waals surface area (Å²) in [5.41, 5.74) is 1.10. The van der Waals surface area contributed by atoms with E-state index < -0.39 is 0 Å². The van der Waals surface area contributed by atoms with Gasteiger partial charge in [0.15, 0.2) is 5.96 Å². The summed E-state index contributed by atoms with van der Waals surface area (Å²) in [5, 5.41) is 6.96. The van der Waals surface area contributed by atoms with Gasteiger partial charge in [-0.15, -0.1) is 24.0 Å². The summed E-state index contributed by atoms with van der Waals surface area (Å²) >= 11 is 0. The molecule has 1 aromatic rings. The molecular weight excluding hydrogens is 510 g/mol. The van der Waals surface area contributed by atoms with Crippen molar-refractivity contribution in [2.24, 2.45) is 4.99 Å². The lowest BCUT2D eigenvalue weighted by molar-refractivity contribution is 0.0170. The Morgan fingerprint density at radius 3 is 2.23 bits per heavy atom. The number of aliphatic imine (C=N–C) groups is 1. The minimum absolute atomic E-state index is 0. The van der Waals surface area contributed by atoms with Gasteiger partial charge in [0.1, 0.15) is 5.82 Å². The minimum Gasteiger partial charge on any atom is -0.379 e. The van der Waals surface area contributed by atoms with E-state index in [1.165, 1.54) is 12.1 Å². The SMILES string of the molecule is CN=C(NCC(C)N1CCN(C)CC1)NCC(c1ccc(F)cc1)N1CCOCC1.I. The summed E-state index contributed by atoms with van der Waals surface area (Å²) in [6.45, 7) is 11.5. The number of nitrogens with one attached hydrogen (secondary N) is 2. The molecule has 0 aromatic heterocycles. The van der Waals surface area contributed by atoms with Crippen molar-refractivity contribution in [3.8, 4) is 0 Å². The summed E-state index contributed by atoms with van der Waals surface area (Å²) < 4.78 is 18.9. The first-order valence-electron chi connectivity index (χ1n) is 11.0. The fraction of sp³-hybridized carbons (Fsp3) is 0.682. The number of hydrogen-bond donors (Lipinski definition) is 2. The second-order valence-electron chi connectivity index (χ2n) is 8.24. The Morgan fingerprint density at radius 1 is 1.00 bits per heavy atom. The van der Waals surface area contributed by atoms with E-state index in [1.807, 2.05) is 12.1 Å². The van der Waals surface area contributed by atoms with Crippen molar-refractivity contribution in [3.05, 3.63) is 35.6 Å². The zero-order valence-electron chi connectivity index (χ0n) is 19.0. The third kappa shape index (κ3) is 8.12. The van der Waals surface area contributed by atoms with Crippen LogP contribution < -0.4 is 10.6 Å². The molecule has 2 fully saturated rings. The molecule has 7 nitrogen and oxygen atoms in total. The molecule has 9 heteroatoms. The van der Waals surface area contributed by atoms with Gasteiger partial charge in [0.2, 0.25) is 0 Å². The average molecular weight is 548 g/mol. The maximum atomic E-state index is 13.4. The van der Waals surface area contributed by atoms with Crippen LogP contribution in [-0.4, -0.2) is 106 Å². The minimum atomic E-state index is -0.206. The van der Waals surface area contributed by atoms with Gasteiger partial charge in [-0.25, -0.2) is 4.39 Å². The Morgan fingerprint density at radius 2 is 1.61 bits per heavy atom. The highest BCUT2D eigenvalue weighted by Gasteiger charge is 2.23. The Balaban J connectivity index is 0.00000341. The Bertz CT molecular complexity index is 662. The monoisotopic (exact) mass is 548 g/mol. The summed E-state index contributed by atoms with van der Waals surface area (Å²) in [6.07, 6.45) is 0. The van der Waals surface area contributed by atoms with Crippen LogP contribution in [0.25, 0.3) is 0 Å². The zero-order valence-corrected chi connectivity index (χ0v) is 21.3. The van der Waals surface area contributed by atoms with Crippen LogP contribution in [0.3, 0.4) is 0 Å². The number of piperazine rings is 1. The predicted molar refractivity (Wildman–Crippen MR) is 135 cm³/mol. The molecular formula is C22H38FIN6O. The number of hydrogen-bond acceptors (Lipinski definition) is 5. The van der Waals surface area contributed by atoms with Gasteiger partial charge in [0, 0.05) is 65.4 Å². The molecule has 2 heterocycles. The van der Waals surface area contributed by atoms with E-state index in [2.05, 4.69) is 44.3 Å². The standard InChI is InChI=1S/C22H37FN6O.HI/c1-18(28-10-8-27(3)9-11-28)16-25-22(24-2)26-17-21(29-12-14-30-15-13-29)19-4-6-20(23)7-5-19;/h4-7,18,21H,8-17H2,1-3H3,(H2,24,25,26);1H. The second kappa shape index (κ2) is 13.5. The van der Waals surface area contributed by atoms with Crippen LogP contribution in [0.2, 0.25) is 0 Å². The van der Waals surface area contributed by atoms with Crippen molar-refractivity contribution in [2.45, 2.75) is 19.0 Å². The van der Waals surface area contributed by atoms with Crippen molar-refractivity contribution >= 4 is 29.9 Å². The van der Waals surface area contributed by atoms with Gasteiger partial charge in [-0.3, -0.25) is 14.8 Å². The van der Waals surface area contributed by atoms with Crippen LogP contribution in [0.1, 0.15) is 18.5 Å². The van der Waals surface area contributed by atoms with Crippen molar-refractivity contribution in [2.75, 3.05) is 79.7 Å². The van der Waals surface area contributed by atoms with Gasteiger partial charge >= 0.3 is 0 Å². The summed E-state index contributed by atoms with van der Waals surface area (Å²) in [6, 6.07) is 7.42. The van der Waals surface area contributed by atoms with Crippen LogP contribution in [0, 0.1) is 5.82 Å². The van der Waals surface area contributed by atoms with E-state index >= 15 is 0 Å². The fourth-order valence-electron chi connectivity index (χ4n) is 4.08. The first-order valence-corrected chi connectivity index (χ1v) is 11.0. The maximum Gasteiger partial charge on any atom is 0.191 e. The smallest absolute Gasteiger partial charge is 0.191 e. The van der Waals surface area contributed by atoms with Gasteiger partial charge in [-0.1, -0.05) is 12.1 Å². The molecule has 3 rings (SSSR count). The molecule has 2 saturated heterocycles. The number of morpholine rings is 1. The molecule has 31 heavy (non-hydrogen) atoms. The molecule has 2 unspecified atom stereocenters. The molecule has 0 bridgehead atoms. The highest BCUT2D eigenvalue weighted by molar-refractivity contribution is 14.0. The van der Waals surface area contributed by atoms with E-state index in [0.717, 1.165) is 70.6 Å². The molecule has 176 valence electrons. The van der Waals surface area contributed by atoms with Crippen molar-refractivity contribution in [1.29, 1.82) is 0 Å². The molecule has 0 spiro atoms. The molecule has 0 radical (unpaired) electrons. The largest absolute Gasteiger partial charge is 0.379 e. The molecule has 2 N–H and O–H groups in total. The number of nitrogens with zero attached hydrogens (tertiary/aromatic N) is 4. The molecule has 2 aliphatic rings. The third-order valence-electron chi connectivity index (χ3n) is 6.15. The molecule has 2 aliphatic heterocycles. The highest BCUT2D eigenvalue weighted by atomic mass is 127. The van der Waals surface area contributed by atoms with Crippen LogP contribution in [-0.2, 0) is 4.74 Å². The van der Waals surface area contributed by atoms with Crippen LogP contribution in [0.4, 0.5) is 4.39 Å². The average Bonchev–Trinajstić information content (AvgIpc) is 2.78. The lowest BCUT2D eigenvalue weighted by Gasteiger charge is -2.37. The van der Waals surface area contributed by atoms with Gasteiger partial charge in [-0.2, -0.15) is 0 Å². The highest BCUT2D eigenvalue weighted by Crippen LogP contribution is 2.21. The molecule has 1 aromatic carbocycles. The number of guanidine groups is 1. The third-order valence-corrected chi connectivity index (χ3v) is 6.15. The van der Waals surface area contributed by atoms with Gasteiger partial charge in [0.05, 0.1) is 19.3 Å².